The van der Waals surface area contributed by atoms with Crippen molar-refractivity contribution in [2.75, 3.05) is 49.4 Å². The van der Waals surface area contributed by atoms with Gasteiger partial charge < -0.3 is 25.0 Å². The Morgan fingerprint density at radius 2 is 2.03 bits per heavy atom. The van der Waals surface area contributed by atoms with Crippen molar-refractivity contribution in [1.82, 2.24) is 15.3 Å². The Hall–Kier alpha value is -2.80. The lowest BCUT2D eigenvalue weighted by Crippen LogP contribution is -2.44. The maximum Gasteiger partial charge on any atom is 0.319 e. The zero-order valence-corrected chi connectivity index (χ0v) is 21.9. The van der Waals surface area contributed by atoms with Crippen molar-refractivity contribution in [3.63, 3.8) is 0 Å². The second kappa shape index (κ2) is 10.7. The van der Waals surface area contributed by atoms with Crippen molar-refractivity contribution < 1.29 is 26.9 Å². The number of nitrogens with zero attached hydrogens (tertiary/aromatic N) is 3. The molecule has 0 radical (unpaired) electrons. The molecule has 2 amide bonds. The first-order chi connectivity index (χ1) is 17.1. The largest absolute Gasteiger partial charge is 0.377 e. The Morgan fingerprint density at radius 1 is 1.28 bits per heavy atom. The van der Waals surface area contributed by atoms with Gasteiger partial charge in [-0.15, -0.1) is 0 Å². The minimum absolute atomic E-state index is 0.0163. The summed E-state index contributed by atoms with van der Waals surface area (Å²) in [4.78, 5) is 23.9. The second-order valence-corrected chi connectivity index (χ2v) is 10.8. The number of hydrogen-bond acceptors (Lipinski definition) is 9. The molecule has 1 fully saturated rings. The Bertz CT molecular complexity index is 1210. The topological polar surface area (TPSA) is 132 Å². The van der Waals surface area contributed by atoms with Crippen LogP contribution < -0.4 is 15.5 Å². The molecule has 2 N–H and O–H groups in total. The van der Waals surface area contributed by atoms with E-state index in [1.165, 1.54) is 0 Å². The van der Waals surface area contributed by atoms with Crippen LogP contribution in [-0.4, -0.2) is 69.6 Å². The van der Waals surface area contributed by atoms with E-state index >= 15 is 0 Å². The van der Waals surface area contributed by atoms with Crippen LogP contribution in [0.25, 0.3) is 11.4 Å². The van der Waals surface area contributed by atoms with E-state index < -0.39 is 15.7 Å². The molecule has 2 aliphatic rings. The number of nitrogens with one attached hydrogen (secondary N) is 2. The molecule has 2 aromatic rings. The van der Waals surface area contributed by atoms with Gasteiger partial charge in [0.25, 0.3) is 10.1 Å². The van der Waals surface area contributed by atoms with E-state index in [0.29, 0.717) is 50.8 Å². The lowest BCUT2D eigenvalue weighted by Gasteiger charge is -2.35. The molecule has 0 spiro atoms. The zero-order chi connectivity index (χ0) is 25.9. The summed E-state index contributed by atoms with van der Waals surface area (Å²) in [7, 11) is -3.57. The number of ether oxygens (including phenoxy) is 2. The lowest BCUT2D eigenvalue weighted by molar-refractivity contribution is -0.0386. The smallest absolute Gasteiger partial charge is 0.319 e. The average molecular weight is 520 g/mol. The van der Waals surface area contributed by atoms with Crippen molar-refractivity contribution in [3.05, 3.63) is 35.5 Å². The Morgan fingerprint density at radius 3 is 2.69 bits per heavy atom. The fraction of sp³-hybridized carbons (Fsp3) is 0.542. The van der Waals surface area contributed by atoms with E-state index in [0.717, 1.165) is 28.9 Å². The Labute approximate surface area is 211 Å². The first kappa shape index (κ1) is 26.3. The second-order valence-electron chi connectivity index (χ2n) is 9.17. The number of hydrogen-bond donors (Lipinski definition) is 2. The quantitative estimate of drug-likeness (QED) is 0.505. The number of anilines is 2. The summed E-state index contributed by atoms with van der Waals surface area (Å²) in [5, 5.41) is 5.48. The predicted octanol–water partition coefficient (Wildman–Crippen LogP) is 2.62. The van der Waals surface area contributed by atoms with E-state index in [1.54, 1.807) is 12.1 Å². The molecule has 4 rings (SSSR count). The molecule has 196 valence electrons. The van der Waals surface area contributed by atoms with Gasteiger partial charge in [-0.25, -0.2) is 14.8 Å². The highest BCUT2D eigenvalue weighted by atomic mass is 32.2. The molecule has 0 saturated carbocycles. The summed E-state index contributed by atoms with van der Waals surface area (Å²) in [6.07, 6.45) is 1.35. The number of carbonyl (C=O) groups excluding carboxylic acids is 1. The van der Waals surface area contributed by atoms with Crippen molar-refractivity contribution in [2.45, 2.75) is 45.4 Å². The fourth-order valence-electron chi connectivity index (χ4n) is 4.37. The predicted molar refractivity (Wildman–Crippen MR) is 135 cm³/mol. The molecule has 0 bridgehead atoms. The normalized spacial score (nSPS) is 21.8. The Balaban J connectivity index is 1.70. The summed E-state index contributed by atoms with van der Waals surface area (Å²) in [5.74, 6) is 1.32. The van der Waals surface area contributed by atoms with Gasteiger partial charge in [-0.2, -0.15) is 8.42 Å². The molecule has 2 atom stereocenters. The molecule has 1 aromatic heterocycles. The number of fused-ring (bicyclic) bond motifs is 1. The van der Waals surface area contributed by atoms with Gasteiger partial charge in [0.1, 0.15) is 11.4 Å². The van der Waals surface area contributed by atoms with Gasteiger partial charge >= 0.3 is 6.03 Å². The molecule has 12 heteroatoms. The van der Waals surface area contributed by atoms with Crippen LogP contribution in [-0.2, 0) is 36.0 Å². The summed E-state index contributed by atoms with van der Waals surface area (Å²) in [5.41, 5.74) is 2.22. The molecule has 3 heterocycles. The zero-order valence-electron chi connectivity index (χ0n) is 21.0. The van der Waals surface area contributed by atoms with E-state index in [1.807, 2.05) is 26.0 Å². The maximum atomic E-state index is 11.8. The van der Waals surface area contributed by atoms with Crippen LogP contribution in [0.4, 0.5) is 16.3 Å². The molecule has 1 aromatic carbocycles. The number of rotatable bonds is 8. The average Bonchev–Trinajstić information content (AvgIpc) is 3.15. The van der Waals surface area contributed by atoms with E-state index in [2.05, 4.69) is 22.5 Å². The van der Waals surface area contributed by atoms with Gasteiger partial charge in [0.15, 0.2) is 5.82 Å². The molecular formula is C24H33N5O6S. The standard InChI is InChI=1S/C24H33N5O6S/c1-5-25-23(30)26-18-8-6-17(7-9-18)21-27-20-19(22(28-21)29-11-13-33-14-16(29)2)15-34-24(20,3)10-12-35-36(4,31)32/h6-9,16H,5,10-15H2,1-4H3,(H2,25,26,30). The number of amides is 2. The summed E-state index contributed by atoms with van der Waals surface area (Å²) in [6, 6.07) is 7.16. The first-order valence-corrected chi connectivity index (χ1v) is 13.8. The van der Waals surface area contributed by atoms with Crippen molar-refractivity contribution in [2.24, 2.45) is 0 Å². The van der Waals surface area contributed by atoms with Crippen molar-refractivity contribution in [3.8, 4) is 11.4 Å². The molecular weight excluding hydrogens is 486 g/mol. The minimum Gasteiger partial charge on any atom is -0.377 e. The van der Waals surface area contributed by atoms with E-state index in [4.69, 9.17) is 23.6 Å². The van der Waals surface area contributed by atoms with Crippen LogP contribution >= 0.6 is 0 Å². The van der Waals surface area contributed by atoms with Gasteiger partial charge in [0.2, 0.25) is 0 Å². The summed E-state index contributed by atoms with van der Waals surface area (Å²) < 4.78 is 39.8. The molecule has 1 saturated heterocycles. The number of aromatic nitrogens is 2. The van der Waals surface area contributed by atoms with Gasteiger partial charge in [0, 0.05) is 36.3 Å². The van der Waals surface area contributed by atoms with Crippen molar-refractivity contribution >= 4 is 27.7 Å². The number of urea groups is 1. The number of benzene rings is 1. The number of morpholine rings is 1. The SMILES string of the molecule is CCNC(=O)Nc1ccc(-c2nc(N3CCOCC3C)c3c(n2)C(C)(CCOS(C)(=O)=O)OC3)cc1. The molecule has 2 unspecified atom stereocenters. The maximum absolute atomic E-state index is 11.8. The molecule has 11 nitrogen and oxygen atoms in total. The van der Waals surface area contributed by atoms with Crippen LogP contribution in [0.15, 0.2) is 24.3 Å². The first-order valence-electron chi connectivity index (χ1n) is 12.0. The highest BCUT2D eigenvalue weighted by Crippen LogP contribution is 2.43. The van der Waals surface area contributed by atoms with E-state index in [-0.39, 0.29) is 18.7 Å². The Kier molecular flexibility index (Phi) is 7.79. The highest BCUT2D eigenvalue weighted by molar-refractivity contribution is 7.85. The lowest BCUT2D eigenvalue weighted by atomic mass is 9.96. The minimum atomic E-state index is -3.57. The third-order valence-corrected chi connectivity index (χ3v) is 6.87. The molecule has 2 aliphatic heterocycles. The van der Waals surface area contributed by atoms with Crippen LogP contribution in [0, 0.1) is 0 Å². The van der Waals surface area contributed by atoms with E-state index in [9.17, 15) is 13.2 Å². The van der Waals surface area contributed by atoms with Crippen LogP contribution in [0.3, 0.4) is 0 Å². The van der Waals surface area contributed by atoms with Gasteiger partial charge in [-0.1, -0.05) is 0 Å². The van der Waals surface area contributed by atoms with Gasteiger partial charge in [0.05, 0.1) is 44.4 Å². The fourth-order valence-corrected chi connectivity index (χ4v) is 4.75. The summed E-state index contributed by atoms with van der Waals surface area (Å²) in [6.45, 7) is 8.55. The third-order valence-electron chi connectivity index (χ3n) is 6.28. The number of carbonyl (C=O) groups is 1. The van der Waals surface area contributed by atoms with Crippen molar-refractivity contribution in [1.29, 1.82) is 0 Å². The van der Waals surface area contributed by atoms with Gasteiger partial charge in [-0.05, 0) is 45.0 Å². The van der Waals surface area contributed by atoms with Crippen LogP contribution in [0.2, 0.25) is 0 Å². The van der Waals surface area contributed by atoms with Crippen LogP contribution in [0.5, 0.6) is 0 Å². The summed E-state index contributed by atoms with van der Waals surface area (Å²) >= 11 is 0. The molecule has 0 aliphatic carbocycles. The monoisotopic (exact) mass is 519 g/mol. The highest BCUT2D eigenvalue weighted by Gasteiger charge is 2.41. The van der Waals surface area contributed by atoms with Gasteiger partial charge in [-0.3, -0.25) is 4.18 Å². The van der Waals surface area contributed by atoms with Crippen LogP contribution in [0.1, 0.15) is 38.4 Å². The third kappa shape index (κ3) is 5.94. The molecule has 36 heavy (non-hydrogen) atoms.